The Morgan fingerprint density at radius 3 is 2.13 bits per heavy atom. The fourth-order valence-electron chi connectivity index (χ4n) is 4.21. The molecule has 0 radical (unpaired) electrons. The van der Waals surface area contributed by atoms with Gasteiger partial charge in [-0.05, 0) is 32.6 Å². The van der Waals surface area contributed by atoms with E-state index in [0.29, 0.717) is 17.5 Å². The molecule has 1 saturated carbocycles. The molecule has 46 heavy (non-hydrogen) atoms. The van der Waals surface area contributed by atoms with Gasteiger partial charge in [-0.2, -0.15) is 31.4 Å². The van der Waals surface area contributed by atoms with Crippen molar-refractivity contribution in [3.63, 3.8) is 0 Å². The van der Waals surface area contributed by atoms with E-state index in [4.69, 9.17) is 34.1 Å². The monoisotopic (exact) mass is 663 g/mol. The number of hydrogen-bond donors (Lipinski definition) is 3. The van der Waals surface area contributed by atoms with Gasteiger partial charge in [-0.3, -0.25) is 9.48 Å². The van der Waals surface area contributed by atoms with E-state index in [1.54, 1.807) is 25.6 Å². The number of aliphatic carboxylic acids is 2. The van der Waals surface area contributed by atoms with E-state index < -0.39 is 24.3 Å². The fraction of sp³-hybridized carbons (Fsp3) is 0.423. The highest BCUT2D eigenvalue weighted by atomic mass is 19.4. The van der Waals surface area contributed by atoms with Crippen molar-refractivity contribution in [2.75, 3.05) is 11.9 Å². The third kappa shape index (κ3) is 9.41. The predicted molar refractivity (Wildman–Crippen MR) is 146 cm³/mol. The number of rotatable bonds is 6. The van der Waals surface area contributed by atoms with Crippen LogP contribution in [0.1, 0.15) is 38.6 Å². The maximum atomic E-state index is 11.5. The van der Waals surface area contributed by atoms with Crippen molar-refractivity contribution in [3.8, 4) is 17.5 Å². The van der Waals surface area contributed by atoms with Crippen molar-refractivity contribution in [1.82, 2.24) is 29.5 Å². The molecular weight excluding hydrogens is 636 g/mol. The molecular formula is C26H27F6N7O7. The van der Waals surface area contributed by atoms with Crippen molar-refractivity contribution in [2.24, 2.45) is 7.05 Å². The third-order valence-corrected chi connectivity index (χ3v) is 6.28. The zero-order valence-electron chi connectivity index (χ0n) is 24.0. The summed E-state index contributed by atoms with van der Waals surface area (Å²) in [5.41, 5.74) is 1.56. The third-order valence-electron chi connectivity index (χ3n) is 6.28. The summed E-state index contributed by atoms with van der Waals surface area (Å²) in [5.74, 6) is -3.73. The maximum Gasteiger partial charge on any atom is 0.490 e. The number of halogens is 6. The van der Waals surface area contributed by atoms with Crippen LogP contribution in [0.2, 0.25) is 0 Å². The number of carboxylic acids is 2. The molecule has 4 aromatic heterocycles. The Labute approximate surface area is 254 Å². The number of aromatic nitrogens is 6. The predicted octanol–water partition coefficient (Wildman–Crippen LogP) is 4.44. The lowest BCUT2D eigenvalue weighted by atomic mass is 9.93. The summed E-state index contributed by atoms with van der Waals surface area (Å²) >= 11 is 0. The van der Waals surface area contributed by atoms with Gasteiger partial charge >= 0.3 is 24.3 Å². The van der Waals surface area contributed by atoms with Gasteiger partial charge in [0.05, 0.1) is 23.1 Å². The van der Waals surface area contributed by atoms with Crippen LogP contribution in [-0.4, -0.2) is 76.7 Å². The Bertz CT molecular complexity index is 1660. The summed E-state index contributed by atoms with van der Waals surface area (Å²) in [6.45, 7) is 2.84. The molecule has 0 amide bonds. The van der Waals surface area contributed by atoms with Crippen LogP contribution < -0.4 is 15.6 Å². The second-order valence-corrected chi connectivity index (χ2v) is 9.54. The van der Waals surface area contributed by atoms with Gasteiger partial charge < -0.3 is 24.7 Å². The molecule has 14 nitrogen and oxygen atoms in total. The van der Waals surface area contributed by atoms with Gasteiger partial charge in [-0.1, -0.05) is 0 Å². The highest BCUT2D eigenvalue weighted by Crippen LogP contribution is 2.36. The first kappa shape index (κ1) is 35.3. The quantitative estimate of drug-likeness (QED) is 0.247. The van der Waals surface area contributed by atoms with Gasteiger partial charge in [0.25, 0.3) is 5.56 Å². The Morgan fingerprint density at radius 2 is 1.63 bits per heavy atom. The first-order chi connectivity index (χ1) is 21.5. The molecule has 250 valence electrons. The van der Waals surface area contributed by atoms with E-state index >= 15 is 0 Å². The minimum absolute atomic E-state index is 0.0586. The lowest BCUT2D eigenvalue weighted by Gasteiger charge is -2.29. The van der Waals surface area contributed by atoms with Gasteiger partial charge in [0, 0.05) is 38.0 Å². The topological polar surface area (TPSA) is 187 Å². The highest BCUT2D eigenvalue weighted by Gasteiger charge is 2.39. The first-order valence-electron chi connectivity index (χ1n) is 13.3. The summed E-state index contributed by atoms with van der Waals surface area (Å²) in [6, 6.07) is 5.37. The summed E-state index contributed by atoms with van der Waals surface area (Å²) in [6.07, 6.45) is -1.53. The van der Waals surface area contributed by atoms with Crippen molar-refractivity contribution in [2.45, 2.75) is 57.1 Å². The molecule has 4 aromatic rings. The van der Waals surface area contributed by atoms with E-state index in [9.17, 15) is 31.1 Å². The number of nitrogens with one attached hydrogen (secondary N) is 1. The first-order valence-corrected chi connectivity index (χ1v) is 13.3. The molecule has 4 heterocycles. The molecule has 20 heteroatoms. The molecule has 5 rings (SSSR count). The zero-order valence-corrected chi connectivity index (χ0v) is 24.0. The Kier molecular flexibility index (Phi) is 11.3. The second kappa shape index (κ2) is 14.7. The smallest absolute Gasteiger partial charge is 0.475 e. The van der Waals surface area contributed by atoms with E-state index in [-0.39, 0.29) is 17.7 Å². The average molecular weight is 664 g/mol. The standard InChI is InChI=1S/C22H25N7O3.2C2HF3O2/c1-3-23-18-12-17-16(13-25-18)21(22-24-10-11-31-22)27-29(17)14-4-6-15(7-5-14)32-19-8-9-20(30)28(2)26-19;2*3-2(4,5)1(6)7/h8-15H,3-7H2,1-2H3,(H,23,25);2*(H,6,7). The van der Waals surface area contributed by atoms with E-state index in [2.05, 4.69) is 25.1 Å². The second-order valence-electron chi connectivity index (χ2n) is 9.54. The van der Waals surface area contributed by atoms with E-state index in [1.807, 2.05) is 19.2 Å². The van der Waals surface area contributed by atoms with Gasteiger partial charge in [-0.15, -0.1) is 5.10 Å². The van der Waals surface area contributed by atoms with Crippen LogP contribution >= 0.6 is 0 Å². The molecule has 1 fully saturated rings. The number of carboxylic acid groups (broad SMARTS) is 2. The van der Waals surface area contributed by atoms with Crippen LogP contribution in [0.3, 0.4) is 0 Å². The van der Waals surface area contributed by atoms with E-state index in [0.717, 1.165) is 48.9 Å². The SMILES string of the molecule is CCNc1cc2c(cn1)c(-c1ncco1)nn2C1CCC(Oc2ccc(=O)n(C)n2)CC1.O=C(O)C(F)(F)F.O=C(O)C(F)(F)F. The van der Waals surface area contributed by atoms with Gasteiger partial charge in [0.1, 0.15) is 18.2 Å². The summed E-state index contributed by atoms with van der Waals surface area (Å²) < 4.78 is 78.4. The number of fused-ring (bicyclic) bond motifs is 1. The fourth-order valence-corrected chi connectivity index (χ4v) is 4.21. The van der Waals surface area contributed by atoms with Crippen LogP contribution in [-0.2, 0) is 16.6 Å². The lowest BCUT2D eigenvalue weighted by molar-refractivity contribution is -0.193. The number of aryl methyl sites for hydroxylation is 1. The molecule has 0 saturated heterocycles. The van der Waals surface area contributed by atoms with E-state index in [1.165, 1.54) is 10.7 Å². The Balaban J connectivity index is 0.000000345. The molecule has 0 spiro atoms. The number of ether oxygens (including phenoxy) is 1. The molecule has 0 aliphatic heterocycles. The molecule has 0 aromatic carbocycles. The molecule has 0 unspecified atom stereocenters. The lowest BCUT2D eigenvalue weighted by Crippen LogP contribution is -2.27. The van der Waals surface area contributed by atoms with Crippen molar-refractivity contribution >= 4 is 28.7 Å². The Morgan fingerprint density at radius 1 is 1.02 bits per heavy atom. The number of carbonyl (C=O) groups is 2. The molecule has 0 atom stereocenters. The highest BCUT2D eigenvalue weighted by molar-refractivity contribution is 5.92. The molecule has 1 aliphatic carbocycles. The number of alkyl halides is 6. The minimum atomic E-state index is -5.08. The number of anilines is 1. The van der Waals surface area contributed by atoms with Crippen LogP contribution in [0.15, 0.2) is 46.1 Å². The largest absolute Gasteiger partial charge is 0.490 e. The molecule has 0 bridgehead atoms. The van der Waals surface area contributed by atoms with Gasteiger partial charge in [0.2, 0.25) is 11.8 Å². The van der Waals surface area contributed by atoms with Crippen LogP contribution in [0.25, 0.3) is 22.5 Å². The van der Waals surface area contributed by atoms with Crippen LogP contribution in [0.5, 0.6) is 5.88 Å². The van der Waals surface area contributed by atoms with Crippen molar-refractivity contribution in [3.05, 3.63) is 47.2 Å². The summed E-state index contributed by atoms with van der Waals surface area (Å²) in [7, 11) is 1.62. The normalized spacial score (nSPS) is 16.4. The van der Waals surface area contributed by atoms with Crippen molar-refractivity contribution in [1.29, 1.82) is 0 Å². The number of hydrogen-bond acceptors (Lipinski definition) is 10. The van der Waals surface area contributed by atoms with Crippen LogP contribution in [0, 0.1) is 0 Å². The van der Waals surface area contributed by atoms with Crippen molar-refractivity contribution < 1.29 is 55.3 Å². The van der Waals surface area contributed by atoms with Crippen LogP contribution in [0.4, 0.5) is 32.2 Å². The van der Waals surface area contributed by atoms with Gasteiger partial charge in [-0.25, -0.2) is 24.2 Å². The maximum absolute atomic E-state index is 11.5. The number of nitrogens with zero attached hydrogens (tertiary/aromatic N) is 6. The molecule has 1 aliphatic rings. The number of pyridine rings is 1. The van der Waals surface area contributed by atoms with Gasteiger partial charge in [0.15, 0.2) is 5.69 Å². The number of oxazole rings is 1. The molecule has 3 N–H and O–H groups in total. The Hall–Kier alpha value is -5.17. The summed E-state index contributed by atoms with van der Waals surface area (Å²) in [5, 5.41) is 27.5. The average Bonchev–Trinajstić information content (AvgIpc) is 3.64. The zero-order chi connectivity index (χ0) is 34.2. The minimum Gasteiger partial charge on any atom is -0.475 e. The summed E-state index contributed by atoms with van der Waals surface area (Å²) in [4.78, 5) is 38.1.